The Hall–Kier alpha value is -2.37. The maximum Gasteiger partial charge on any atom is 0.350 e. The molecule has 0 atom stereocenters. The van der Waals surface area contributed by atoms with E-state index < -0.39 is 0 Å². The van der Waals surface area contributed by atoms with Crippen LogP contribution in [-0.4, -0.2) is 17.6 Å². The van der Waals surface area contributed by atoms with E-state index in [2.05, 4.69) is 10.3 Å². The molecule has 25 heavy (non-hydrogen) atoms. The fourth-order valence-corrected chi connectivity index (χ4v) is 3.51. The second-order valence-corrected chi connectivity index (χ2v) is 6.80. The van der Waals surface area contributed by atoms with Crippen LogP contribution in [0.2, 0.25) is 5.02 Å². The highest BCUT2D eigenvalue weighted by Gasteiger charge is 2.21. The Morgan fingerprint density at radius 1 is 1.24 bits per heavy atom. The summed E-state index contributed by atoms with van der Waals surface area (Å²) >= 11 is 7.53. The summed E-state index contributed by atoms with van der Waals surface area (Å²) in [6, 6.07) is 15.3. The average molecular weight is 373 g/mol. The van der Waals surface area contributed by atoms with Crippen molar-refractivity contribution in [3.63, 3.8) is 0 Å². The third-order valence-electron chi connectivity index (χ3n) is 3.50. The van der Waals surface area contributed by atoms with Crippen LogP contribution >= 0.6 is 22.9 Å². The van der Waals surface area contributed by atoms with E-state index in [0.717, 1.165) is 16.8 Å². The summed E-state index contributed by atoms with van der Waals surface area (Å²) in [6.07, 6.45) is 0. The molecule has 0 amide bonds. The van der Waals surface area contributed by atoms with Crippen LogP contribution < -0.4 is 5.32 Å². The van der Waals surface area contributed by atoms with E-state index in [0.29, 0.717) is 27.3 Å². The molecule has 0 aliphatic rings. The molecule has 0 saturated heterocycles. The van der Waals surface area contributed by atoms with E-state index in [9.17, 15) is 4.79 Å². The highest BCUT2D eigenvalue weighted by molar-refractivity contribution is 7.18. The zero-order valence-corrected chi connectivity index (χ0v) is 15.4. The van der Waals surface area contributed by atoms with Gasteiger partial charge in [0, 0.05) is 5.56 Å². The molecule has 6 heteroatoms. The van der Waals surface area contributed by atoms with Gasteiger partial charge in [0.05, 0.1) is 23.0 Å². The molecule has 0 saturated carbocycles. The minimum absolute atomic E-state index is 0.317. The summed E-state index contributed by atoms with van der Waals surface area (Å²) in [5.41, 5.74) is 3.29. The molecule has 3 aromatic rings. The van der Waals surface area contributed by atoms with Crippen LogP contribution in [0, 0.1) is 6.92 Å². The molecule has 0 spiro atoms. The van der Waals surface area contributed by atoms with Gasteiger partial charge in [0.25, 0.3) is 0 Å². The van der Waals surface area contributed by atoms with E-state index in [-0.39, 0.29) is 5.97 Å². The van der Waals surface area contributed by atoms with Crippen molar-refractivity contribution in [3.8, 4) is 11.3 Å². The Kier molecular flexibility index (Phi) is 5.36. The zero-order chi connectivity index (χ0) is 17.8. The van der Waals surface area contributed by atoms with Gasteiger partial charge in [-0.05, 0) is 31.5 Å². The first-order chi connectivity index (χ1) is 12.1. The summed E-state index contributed by atoms with van der Waals surface area (Å²) in [5, 5.41) is 4.39. The smallest absolute Gasteiger partial charge is 0.350 e. The minimum Gasteiger partial charge on any atom is -0.462 e. The number of anilines is 2. The molecule has 128 valence electrons. The number of thiazole rings is 1. The molecule has 1 heterocycles. The van der Waals surface area contributed by atoms with Crippen LogP contribution in [0.1, 0.15) is 22.2 Å². The Labute approximate surface area is 155 Å². The number of esters is 1. The molecule has 4 nitrogen and oxygen atoms in total. The number of nitrogens with zero attached hydrogens (tertiary/aromatic N) is 1. The molecule has 0 radical (unpaired) electrons. The van der Waals surface area contributed by atoms with Crippen LogP contribution in [0.5, 0.6) is 0 Å². The third-order valence-corrected chi connectivity index (χ3v) is 4.76. The van der Waals surface area contributed by atoms with E-state index in [4.69, 9.17) is 16.3 Å². The van der Waals surface area contributed by atoms with Crippen molar-refractivity contribution >= 4 is 39.7 Å². The van der Waals surface area contributed by atoms with Gasteiger partial charge in [0.2, 0.25) is 0 Å². The zero-order valence-electron chi connectivity index (χ0n) is 13.9. The molecular weight excluding hydrogens is 356 g/mol. The van der Waals surface area contributed by atoms with Crippen LogP contribution in [-0.2, 0) is 4.74 Å². The largest absolute Gasteiger partial charge is 0.462 e. The normalized spacial score (nSPS) is 10.5. The number of ether oxygens (including phenoxy) is 1. The number of nitrogens with one attached hydrogen (secondary N) is 1. The second kappa shape index (κ2) is 7.68. The number of halogens is 1. The van der Waals surface area contributed by atoms with Crippen molar-refractivity contribution < 1.29 is 9.53 Å². The lowest BCUT2D eigenvalue weighted by Gasteiger charge is -2.05. The van der Waals surface area contributed by atoms with E-state index in [1.165, 1.54) is 11.3 Å². The lowest BCUT2D eigenvalue weighted by Crippen LogP contribution is -2.03. The fraction of sp³-hybridized carbons (Fsp3) is 0.158. The first-order valence-electron chi connectivity index (χ1n) is 7.85. The monoisotopic (exact) mass is 372 g/mol. The van der Waals surface area contributed by atoms with Gasteiger partial charge in [-0.25, -0.2) is 9.78 Å². The molecule has 3 rings (SSSR count). The molecule has 0 aliphatic carbocycles. The van der Waals surface area contributed by atoms with Crippen LogP contribution in [0.25, 0.3) is 11.3 Å². The minimum atomic E-state index is -0.373. The second-order valence-electron chi connectivity index (χ2n) is 5.39. The number of aryl methyl sites for hydroxylation is 1. The Morgan fingerprint density at radius 3 is 2.68 bits per heavy atom. The topological polar surface area (TPSA) is 51.2 Å². The van der Waals surface area contributed by atoms with Crippen molar-refractivity contribution in [2.75, 3.05) is 11.9 Å². The quantitative estimate of drug-likeness (QED) is 0.584. The molecular formula is C19H17ClN2O2S. The Morgan fingerprint density at radius 2 is 2.00 bits per heavy atom. The lowest BCUT2D eigenvalue weighted by molar-refractivity contribution is 0.0532. The fourth-order valence-electron chi connectivity index (χ4n) is 2.34. The predicted octanol–water partition coefficient (Wildman–Crippen LogP) is 5.69. The SMILES string of the molecule is CCOC(=O)c1sc(Nc2ccc(C)cc2Cl)nc1-c1ccccc1. The Balaban J connectivity index is 1.99. The summed E-state index contributed by atoms with van der Waals surface area (Å²) < 4.78 is 5.17. The molecule has 0 fully saturated rings. The van der Waals surface area contributed by atoms with Gasteiger partial charge in [-0.15, -0.1) is 0 Å². The number of hydrogen-bond donors (Lipinski definition) is 1. The van der Waals surface area contributed by atoms with Crippen LogP contribution in [0.4, 0.5) is 10.8 Å². The van der Waals surface area contributed by atoms with Crippen molar-refractivity contribution in [3.05, 3.63) is 64.0 Å². The highest BCUT2D eigenvalue weighted by Crippen LogP contribution is 2.35. The van der Waals surface area contributed by atoms with E-state index >= 15 is 0 Å². The molecule has 2 aromatic carbocycles. The van der Waals surface area contributed by atoms with Crippen molar-refractivity contribution in [2.24, 2.45) is 0 Å². The number of aromatic nitrogens is 1. The molecule has 0 aliphatic heterocycles. The average Bonchev–Trinajstić information content (AvgIpc) is 3.02. The molecule has 0 bridgehead atoms. The van der Waals surface area contributed by atoms with E-state index in [1.807, 2.05) is 55.5 Å². The maximum absolute atomic E-state index is 12.3. The first kappa shape index (κ1) is 17.5. The van der Waals surface area contributed by atoms with Gasteiger partial charge < -0.3 is 10.1 Å². The van der Waals surface area contributed by atoms with Gasteiger partial charge >= 0.3 is 5.97 Å². The standard InChI is InChI=1S/C19H17ClN2O2S/c1-3-24-18(23)17-16(13-7-5-4-6-8-13)22-19(25-17)21-15-10-9-12(2)11-14(15)20/h4-11H,3H2,1-2H3,(H,21,22). The van der Waals surface area contributed by atoms with Gasteiger partial charge in [0.1, 0.15) is 4.88 Å². The molecule has 1 aromatic heterocycles. The van der Waals surface area contributed by atoms with Crippen molar-refractivity contribution in [1.82, 2.24) is 4.98 Å². The number of hydrogen-bond acceptors (Lipinski definition) is 5. The summed E-state index contributed by atoms with van der Waals surface area (Å²) in [5.74, 6) is -0.373. The maximum atomic E-state index is 12.3. The molecule has 1 N–H and O–H groups in total. The number of benzene rings is 2. The number of rotatable bonds is 5. The third kappa shape index (κ3) is 4.00. The number of carbonyl (C=O) groups excluding carboxylic acids is 1. The van der Waals surface area contributed by atoms with E-state index in [1.54, 1.807) is 6.92 Å². The van der Waals surface area contributed by atoms with Gasteiger partial charge in [-0.2, -0.15) is 0 Å². The summed E-state index contributed by atoms with van der Waals surface area (Å²) in [7, 11) is 0. The van der Waals surface area contributed by atoms with Gasteiger partial charge in [-0.1, -0.05) is 59.3 Å². The van der Waals surface area contributed by atoms with Gasteiger partial charge in [-0.3, -0.25) is 0 Å². The lowest BCUT2D eigenvalue weighted by atomic mass is 10.1. The van der Waals surface area contributed by atoms with Crippen molar-refractivity contribution in [2.45, 2.75) is 13.8 Å². The highest BCUT2D eigenvalue weighted by atomic mass is 35.5. The summed E-state index contributed by atoms with van der Waals surface area (Å²) in [6.45, 7) is 4.08. The predicted molar refractivity (Wildman–Crippen MR) is 103 cm³/mol. The number of carbonyl (C=O) groups is 1. The molecule has 0 unspecified atom stereocenters. The van der Waals surface area contributed by atoms with Crippen LogP contribution in [0.15, 0.2) is 48.5 Å². The van der Waals surface area contributed by atoms with Crippen LogP contribution in [0.3, 0.4) is 0 Å². The summed E-state index contributed by atoms with van der Waals surface area (Å²) in [4.78, 5) is 17.4. The van der Waals surface area contributed by atoms with Gasteiger partial charge in [0.15, 0.2) is 5.13 Å². The first-order valence-corrected chi connectivity index (χ1v) is 9.04. The van der Waals surface area contributed by atoms with Crippen molar-refractivity contribution in [1.29, 1.82) is 0 Å². The Bertz CT molecular complexity index is 894.